The lowest BCUT2D eigenvalue weighted by molar-refractivity contribution is -0.127. The van der Waals surface area contributed by atoms with Crippen LogP contribution < -0.4 is 0 Å². The van der Waals surface area contributed by atoms with Gasteiger partial charge in [0.1, 0.15) is 5.82 Å². The number of piperidine rings is 1. The van der Waals surface area contributed by atoms with Crippen LogP contribution in [0.5, 0.6) is 0 Å². The lowest BCUT2D eigenvalue weighted by Gasteiger charge is -2.30. The molecule has 1 fully saturated rings. The van der Waals surface area contributed by atoms with Gasteiger partial charge in [-0.2, -0.15) is 0 Å². The van der Waals surface area contributed by atoms with E-state index in [-0.39, 0.29) is 5.91 Å². The van der Waals surface area contributed by atoms with Crippen molar-refractivity contribution >= 4 is 40.8 Å². The maximum atomic E-state index is 12.5. The molecule has 0 radical (unpaired) electrons. The molecule has 2 aromatic heterocycles. The van der Waals surface area contributed by atoms with Crippen LogP contribution in [-0.4, -0.2) is 38.5 Å². The molecule has 1 aromatic carbocycles. The summed E-state index contributed by atoms with van der Waals surface area (Å²) in [6.45, 7) is 1.40. The fourth-order valence-corrected chi connectivity index (χ4v) is 3.87. The van der Waals surface area contributed by atoms with Gasteiger partial charge in [0.05, 0.1) is 0 Å². The van der Waals surface area contributed by atoms with Crippen molar-refractivity contribution in [2.24, 2.45) is 0 Å². The number of amides is 1. The lowest BCUT2D eigenvalue weighted by atomic mass is 9.96. The van der Waals surface area contributed by atoms with Gasteiger partial charge in [-0.3, -0.25) is 9.20 Å². The van der Waals surface area contributed by atoms with Gasteiger partial charge < -0.3 is 4.90 Å². The minimum absolute atomic E-state index is 0.00873. The number of hydrogen-bond donors (Lipinski definition) is 0. The average molecular weight is 401 g/mol. The van der Waals surface area contributed by atoms with Crippen molar-refractivity contribution < 1.29 is 4.79 Å². The monoisotopic (exact) mass is 400 g/mol. The van der Waals surface area contributed by atoms with E-state index < -0.39 is 0 Å². The Hall–Kier alpha value is -2.37. The minimum Gasteiger partial charge on any atom is -0.339 e. The molecule has 1 amide bonds. The van der Waals surface area contributed by atoms with E-state index >= 15 is 0 Å². The molecule has 27 heavy (non-hydrogen) atoms. The summed E-state index contributed by atoms with van der Waals surface area (Å²) in [6, 6.07) is 11.1. The number of fused-ring (bicyclic) bond motifs is 1. The van der Waals surface area contributed by atoms with Crippen molar-refractivity contribution in [1.82, 2.24) is 19.5 Å². The maximum Gasteiger partial charge on any atom is 0.246 e. The van der Waals surface area contributed by atoms with Crippen LogP contribution in [0.25, 0.3) is 11.7 Å². The Labute approximate surface area is 167 Å². The standard InChI is InChI=1S/C20H18Cl2N4O/c21-16-6-4-14(17(22)13-16)5-7-19(27)25-11-8-15(9-12-25)20-24-23-18-3-1-2-10-26(18)20/h1-7,10,13,15H,8-9,11-12H2/b7-5+. The zero-order valence-electron chi connectivity index (χ0n) is 14.6. The van der Waals surface area contributed by atoms with Crippen LogP contribution in [0.1, 0.15) is 30.1 Å². The molecule has 5 nitrogen and oxygen atoms in total. The average Bonchev–Trinajstić information content (AvgIpc) is 3.11. The first-order chi connectivity index (χ1) is 13.1. The molecule has 0 atom stereocenters. The summed E-state index contributed by atoms with van der Waals surface area (Å²) < 4.78 is 2.03. The third-order valence-corrected chi connectivity index (χ3v) is 5.44. The summed E-state index contributed by atoms with van der Waals surface area (Å²) >= 11 is 12.0. The van der Waals surface area contributed by atoms with Crippen molar-refractivity contribution in [2.75, 3.05) is 13.1 Å². The highest BCUT2D eigenvalue weighted by molar-refractivity contribution is 6.35. The first kappa shape index (κ1) is 18.0. The van der Waals surface area contributed by atoms with Gasteiger partial charge in [-0.1, -0.05) is 35.3 Å². The number of rotatable bonds is 3. The summed E-state index contributed by atoms with van der Waals surface area (Å²) in [5.74, 6) is 1.27. The van der Waals surface area contributed by atoms with Crippen LogP contribution in [0.4, 0.5) is 0 Å². The van der Waals surface area contributed by atoms with E-state index in [0.717, 1.165) is 29.9 Å². The molecule has 1 aliphatic heterocycles. The first-order valence-corrected chi connectivity index (χ1v) is 9.59. The lowest BCUT2D eigenvalue weighted by Crippen LogP contribution is -2.37. The normalized spacial score (nSPS) is 15.7. The number of aromatic nitrogens is 3. The van der Waals surface area contributed by atoms with Crippen molar-refractivity contribution in [3.63, 3.8) is 0 Å². The molecule has 4 rings (SSSR count). The fraction of sp³-hybridized carbons (Fsp3) is 0.250. The van der Waals surface area contributed by atoms with Gasteiger partial charge in [0.15, 0.2) is 5.65 Å². The highest BCUT2D eigenvalue weighted by Crippen LogP contribution is 2.27. The van der Waals surface area contributed by atoms with Crippen molar-refractivity contribution in [2.45, 2.75) is 18.8 Å². The fourth-order valence-electron chi connectivity index (χ4n) is 3.40. The van der Waals surface area contributed by atoms with Crippen molar-refractivity contribution in [1.29, 1.82) is 0 Å². The van der Waals surface area contributed by atoms with Gasteiger partial charge in [0.2, 0.25) is 5.91 Å². The van der Waals surface area contributed by atoms with Crippen LogP contribution >= 0.6 is 23.2 Å². The SMILES string of the molecule is O=C(/C=C/c1ccc(Cl)cc1Cl)N1CCC(c2nnc3ccccn23)CC1. The van der Waals surface area contributed by atoms with Crippen LogP contribution in [0, 0.1) is 0 Å². The Morgan fingerprint density at radius 2 is 1.93 bits per heavy atom. The quantitative estimate of drug-likeness (QED) is 0.609. The molecule has 0 unspecified atom stereocenters. The third-order valence-electron chi connectivity index (χ3n) is 4.88. The predicted molar refractivity (Wildman–Crippen MR) is 107 cm³/mol. The first-order valence-electron chi connectivity index (χ1n) is 8.83. The summed E-state index contributed by atoms with van der Waals surface area (Å²) in [7, 11) is 0. The van der Waals surface area contributed by atoms with Crippen molar-refractivity contribution in [3.8, 4) is 0 Å². The number of halogens is 2. The molecule has 7 heteroatoms. The molecule has 0 aliphatic carbocycles. The van der Waals surface area contributed by atoms with Crippen LogP contribution in [0.3, 0.4) is 0 Å². The topological polar surface area (TPSA) is 50.5 Å². The van der Waals surface area contributed by atoms with Crippen LogP contribution in [0.2, 0.25) is 10.0 Å². The Balaban J connectivity index is 1.40. The van der Waals surface area contributed by atoms with Crippen LogP contribution in [-0.2, 0) is 4.79 Å². The number of pyridine rings is 1. The Morgan fingerprint density at radius 3 is 2.70 bits per heavy atom. The van der Waals surface area contributed by atoms with Crippen LogP contribution in [0.15, 0.2) is 48.7 Å². The summed E-state index contributed by atoms with van der Waals surface area (Å²) in [5.41, 5.74) is 1.63. The zero-order valence-corrected chi connectivity index (χ0v) is 16.1. The van der Waals surface area contributed by atoms with Gasteiger partial charge in [-0.15, -0.1) is 10.2 Å². The Morgan fingerprint density at radius 1 is 1.11 bits per heavy atom. The molecule has 0 N–H and O–H groups in total. The number of nitrogens with zero attached hydrogens (tertiary/aromatic N) is 4. The summed E-state index contributed by atoms with van der Waals surface area (Å²) in [4.78, 5) is 14.4. The van der Waals surface area contributed by atoms with Gasteiger partial charge in [0, 0.05) is 41.3 Å². The van der Waals surface area contributed by atoms with Gasteiger partial charge in [-0.25, -0.2) is 0 Å². The third kappa shape index (κ3) is 3.84. The molecule has 3 heterocycles. The van der Waals surface area contributed by atoms with E-state index in [2.05, 4.69) is 10.2 Å². The van der Waals surface area contributed by atoms with Gasteiger partial charge in [-0.05, 0) is 48.7 Å². The second-order valence-electron chi connectivity index (χ2n) is 6.59. The minimum atomic E-state index is -0.00873. The molecule has 0 saturated carbocycles. The molecule has 138 valence electrons. The highest BCUT2D eigenvalue weighted by Gasteiger charge is 2.26. The number of carbonyl (C=O) groups excluding carboxylic acids is 1. The largest absolute Gasteiger partial charge is 0.339 e. The number of carbonyl (C=O) groups is 1. The molecular weight excluding hydrogens is 383 g/mol. The molecule has 1 saturated heterocycles. The number of hydrogen-bond acceptors (Lipinski definition) is 3. The van der Waals surface area contributed by atoms with E-state index in [0.29, 0.717) is 29.1 Å². The molecule has 1 aliphatic rings. The smallest absolute Gasteiger partial charge is 0.246 e. The molecule has 0 spiro atoms. The second-order valence-corrected chi connectivity index (χ2v) is 7.43. The number of likely N-dealkylation sites (tertiary alicyclic amines) is 1. The van der Waals surface area contributed by atoms with E-state index in [4.69, 9.17) is 23.2 Å². The Kier molecular flexibility index (Phi) is 5.14. The van der Waals surface area contributed by atoms with E-state index in [1.807, 2.05) is 33.7 Å². The molecule has 0 bridgehead atoms. The summed E-state index contributed by atoms with van der Waals surface area (Å²) in [6.07, 6.45) is 7.04. The highest BCUT2D eigenvalue weighted by atomic mass is 35.5. The van der Waals surface area contributed by atoms with Gasteiger partial charge >= 0.3 is 0 Å². The summed E-state index contributed by atoms with van der Waals surface area (Å²) in [5, 5.41) is 9.68. The molecule has 3 aromatic rings. The van der Waals surface area contributed by atoms with Crippen molar-refractivity contribution in [3.05, 3.63) is 70.1 Å². The van der Waals surface area contributed by atoms with E-state index in [1.165, 1.54) is 0 Å². The maximum absolute atomic E-state index is 12.5. The van der Waals surface area contributed by atoms with E-state index in [9.17, 15) is 4.79 Å². The van der Waals surface area contributed by atoms with Gasteiger partial charge in [0.25, 0.3) is 0 Å². The predicted octanol–water partition coefficient (Wildman–Crippen LogP) is 4.46. The molecular formula is C20H18Cl2N4O. The van der Waals surface area contributed by atoms with E-state index in [1.54, 1.807) is 30.4 Å². The number of benzene rings is 1. The second kappa shape index (κ2) is 7.71. The zero-order chi connectivity index (χ0) is 18.8. The Bertz CT molecular complexity index is 1010.